The molecule has 1 rings (SSSR count). The Bertz CT molecular complexity index is 404. The molecule has 0 bridgehead atoms. The van der Waals surface area contributed by atoms with E-state index in [9.17, 15) is 4.79 Å². The minimum atomic E-state index is -0.549. The lowest BCUT2D eigenvalue weighted by molar-refractivity contribution is -0.123. The lowest BCUT2D eigenvalue weighted by atomic mass is 10.0. The number of benzene rings is 1. The Hall–Kier alpha value is -1.35. The quantitative estimate of drug-likeness (QED) is 0.870. The Morgan fingerprint density at radius 1 is 1.18 bits per heavy atom. The van der Waals surface area contributed by atoms with E-state index in [1.807, 2.05) is 46.9 Å². The van der Waals surface area contributed by atoms with Crippen LogP contribution in [-0.4, -0.2) is 25.5 Å². The lowest BCUT2D eigenvalue weighted by Crippen LogP contribution is -2.51. The Labute approximate surface area is 104 Å². The summed E-state index contributed by atoms with van der Waals surface area (Å²) in [5.74, 6) is 0.0602. The van der Waals surface area contributed by atoms with Crippen LogP contribution in [0.1, 0.15) is 25.0 Å². The summed E-state index contributed by atoms with van der Waals surface area (Å²) in [6.07, 6.45) is 0. The number of rotatable bonds is 3. The van der Waals surface area contributed by atoms with E-state index in [0.717, 1.165) is 5.69 Å². The maximum absolute atomic E-state index is 12.3. The van der Waals surface area contributed by atoms with Gasteiger partial charge in [0.25, 0.3) is 0 Å². The van der Waals surface area contributed by atoms with Crippen molar-refractivity contribution in [2.45, 2.75) is 33.2 Å². The van der Waals surface area contributed by atoms with E-state index in [1.54, 1.807) is 11.9 Å². The SMILES string of the molecule is CNC(C)(C)C(=O)N(C)c1cc(C)cc(C)c1. The molecule has 0 spiro atoms. The van der Waals surface area contributed by atoms with Crippen molar-refractivity contribution in [1.82, 2.24) is 5.32 Å². The van der Waals surface area contributed by atoms with E-state index in [0.29, 0.717) is 0 Å². The number of aryl methyl sites for hydroxylation is 2. The molecule has 17 heavy (non-hydrogen) atoms. The highest BCUT2D eigenvalue weighted by Crippen LogP contribution is 2.20. The van der Waals surface area contributed by atoms with E-state index in [-0.39, 0.29) is 5.91 Å². The summed E-state index contributed by atoms with van der Waals surface area (Å²) < 4.78 is 0. The zero-order chi connectivity index (χ0) is 13.2. The first-order valence-electron chi connectivity index (χ1n) is 5.83. The van der Waals surface area contributed by atoms with E-state index in [4.69, 9.17) is 0 Å². The predicted octanol–water partition coefficient (Wildman–Crippen LogP) is 2.26. The minimum Gasteiger partial charge on any atom is -0.314 e. The Kier molecular flexibility index (Phi) is 3.94. The van der Waals surface area contributed by atoms with Crippen molar-refractivity contribution in [2.24, 2.45) is 0 Å². The second kappa shape index (κ2) is 4.88. The minimum absolute atomic E-state index is 0.0602. The summed E-state index contributed by atoms with van der Waals surface area (Å²) in [6, 6.07) is 6.15. The van der Waals surface area contributed by atoms with Gasteiger partial charge in [0.05, 0.1) is 5.54 Å². The third kappa shape index (κ3) is 3.07. The fourth-order valence-electron chi connectivity index (χ4n) is 1.79. The van der Waals surface area contributed by atoms with E-state index < -0.39 is 5.54 Å². The third-order valence-electron chi connectivity index (χ3n) is 3.06. The van der Waals surface area contributed by atoms with Gasteiger partial charge in [-0.3, -0.25) is 4.79 Å². The van der Waals surface area contributed by atoms with Crippen molar-refractivity contribution in [3.63, 3.8) is 0 Å². The molecule has 0 aromatic heterocycles. The number of hydrogen-bond donors (Lipinski definition) is 1. The van der Waals surface area contributed by atoms with Crippen molar-refractivity contribution >= 4 is 11.6 Å². The van der Waals surface area contributed by atoms with Crippen molar-refractivity contribution in [2.75, 3.05) is 19.0 Å². The molecule has 0 heterocycles. The molecule has 0 radical (unpaired) electrons. The second-order valence-corrected chi connectivity index (χ2v) is 5.09. The molecule has 0 aliphatic heterocycles. The zero-order valence-corrected chi connectivity index (χ0v) is 11.6. The molecule has 0 aliphatic rings. The van der Waals surface area contributed by atoms with Gasteiger partial charge in [-0.1, -0.05) is 6.07 Å². The summed E-state index contributed by atoms with van der Waals surface area (Å²) in [5.41, 5.74) is 2.73. The van der Waals surface area contributed by atoms with Crippen LogP contribution < -0.4 is 10.2 Å². The molecule has 1 amide bonds. The third-order valence-corrected chi connectivity index (χ3v) is 3.06. The zero-order valence-electron chi connectivity index (χ0n) is 11.6. The number of carbonyl (C=O) groups excluding carboxylic acids is 1. The van der Waals surface area contributed by atoms with Crippen LogP contribution in [-0.2, 0) is 4.79 Å². The number of hydrogen-bond acceptors (Lipinski definition) is 2. The normalized spacial score (nSPS) is 11.4. The number of carbonyl (C=O) groups is 1. The standard InChI is InChI=1S/C14H22N2O/c1-10-7-11(2)9-12(8-10)16(6)13(17)14(3,4)15-5/h7-9,15H,1-6H3. The van der Waals surface area contributed by atoms with Crippen LogP contribution in [0.15, 0.2) is 18.2 Å². The Morgan fingerprint density at radius 2 is 1.65 bits per heavy atom. The summed E-state index contributed by atoms with van der Waals surface area (Å²) in [6.45, 7) is 7.85. The molecular formula is C14H22N2O. The molecule has 0 atom stereocenters. The van der Waals surface area contributed by atoms with Gasteiger partial charge in [-0.2, -0.15) is 0 Å². The van der Waals surface area contributed by atoms with Crippen LogP contribution in [0.3, 0.4) is 0 Å². The number of amides is 1. The first-order valence-corrected chi connectivity index (χ1v) is 5.83. The lowest BCUT2D eigenvalue weighted by Gasteiger charge is -2.29. The highest BCUT2D eigenvalue weighted by atomic mass is 16.2. The predicted molar refractivity (Wildman–Crippen MR) is 72.5 cm³/mol. The molecule has 0 saturated carbocycles. The van der Waals surface area contributed by atoms with E-state index >= 15 is 0 Å². The molecule has 1 aromatic rings. The molecule has 94 valence electrons. The van der Waals surface area contributed by atoms with Gasteiger partial charge in [-0.25, -0.2) is 0 Å². The van der Waals surface area contributed by atoms with Crippen LogP contribution in [0.25, 0.3) is 0 Å². The number of nitrogens with one attached hydrogen (secondary N) is 1. The summed E-state index contributed by atoms with van der Waals surface area (Å²) in [4.78, 5) is 14.0. The van der Waals surface area contributed by atoms with Crippen molar-refractivity contribution in [1.29, 1.82) is 0 Å². The fourth-order valence-corrected chi connectivity index (χ4v) is 1.79. The van der Waals surface area contributed by atoms with Crippen LogP contribution in [0.4, 0.5) is 5.69 Å². The Morgan fingerprint density at radius 3 is 2.06 bits per heavy atom. The highest BCUT2D eigenvalue weighted by Gasteiger charge is 2.29. The molecule has 0 aliphatic carbocycles. The number of likely N-dealkylation sites (N-methyl/N-ethyl adjacent to an activating group) is 2. The van der Waals surface area contributed by atoms with Crippen LogP contribution >= 0.6 is 0 Å². The molecule has 0 fully saturated rings. The molecular weight excluding hydrogens is 212 g/mol. The summed E-state index contributed by atoms with van der Waals surface area (Å²) in [7, 11) is 3.61. The van der Waals surface area contributed by atoms with Gasteiger partial charge in [-0.15, -0.1) is 0 Å². The average molecular weight is 234 g/mol. The summed E-state index contributed by atoms with van der Waals surface area (Å²) in [5, 5.41) is 3.03. The van der Waals surface area contributed by atoms with Gasteiger partial charge in [0, 0.05) is 12.7 Å². The first-order chi connectivity index (χ1) is 7.77. The van der Waals surface area contributed by atoms with Gasteiger partial charge in [0.15, 0.2) is 0 Å². The van der Waals surface area contributed by atoms with Crippen LogP contribution in [0.5, 0.6) is 0 Å². The van der Waals surface area contributed by atoms with Crippen molar-refractivity contribution < 1.29 is 4.79 Å². The van der Waals surface area contributed by atoms with Gasteiger partial charge in [-0.05, 0) is 58.0 Å². The number of nitrogens with zero attached hydrogens (tertiary/aromatic N) is 1. The van der Waals surface area contributed by atoms with Crippen molar-refractivity contribution in [3.05, 3.63) is 29.3 Å². The topological polar surface area (TPSA) is 32.3 Å². The van der Waals surface area contributed by atoms with Crippen LogP contribution in [0, 0.1) is 13.8 Å². The van der Waals surface area contributed by atoms with Gasteiger partial charge in [0.1, 0.15) is 0 Å². The number of anilines is 1. The smallest absolute Gasteiger partial charge is 0.246 e. The molecule has 3 nitrogen and oxygen atoms in total. The Balaban J connectivity index is 3.04. The van der Waals surface area contributed by atoms with Crippen LogP contribution in [0.2, 0.25) is 0 Å². The van der Waals surface area contributed by atoms with Gasteiger partial charge >= 0.3 is 0 Å². The first kappa shape index (κ1) is 13.7. The molecule has 3 heteroatoms. The highest BCUT2D eigenvalue weighted by molar-refractivity contribution is 5.99. The second-order valence-electron chi connectivity index (χ2n) is 5.09. The van der Waals surface area contributed by atoms with E-state index in [1.165, 1.54) is 11.1 Å². The molecule has 0 unspecified atom stereocenters. The largest absolute Gasteiger partial charge is 0.314 e. The van der Waals surface area contributed by atoms with Gasteiger partial charge in [0.2, 0.25) is 5.91 Å². The monoisotopic (exact) mass is 234 g/mol. The fraction of sp³-hybridized carbons (Fsp3) is 0.500. The molecule has 1 aromatic carbocycles. The van der Waals surface area contributed by atoms with Crippen molar-refractivity contribution in [3.8, 4) is 0 Å². The van der Waals surface area contributed by atoms with Gasteiger partial charge < -0.3 is 10.2 Å². The maximum Gasteiger partial charge on any atom is 0.246 e. The molecule has 1 N–H and O–H groups in total. The molecule has 0 saturated heterocycles. The average Bonchev–Trinajstić information content (AvgIpc) is 2.25. The summed E-state index contributed by atoms with van der Waals surface area (Å²) >= 11 is 0. The van der Waals surface area contributed by atoms with E-state index in [2.05, 4.69) is 11.4 Å². The maximum atomic E-state index is 12.3.